The van der Waals surface area contributed by atoms with E-state index in [2.05, 4.69) is 32.6 Å². The fourth-order valence-corrected chi connectivity index (χ4v) is 2.24. The Balaban J connectivity index is 2.94. The molecule has 1 aliphatic rings. The second-order valence-electron chi connectivity index (χ2n) is 3.38. The van der Waals surface area contributed by atoms with Gasteiger partial charge >= 0.3 is 0 Å². The van der Waals surface area contributed by atoms with Crippen LogP contribution in [0, 0.1) is 0 Å². The molecule has 0 spiro atoms. The molecule has 80 valence electrons. The lowest BCUT2D eigenvalue weighted by atomic mass is 9.97. The van der Waals surface area contributed by atoms with Crippen molar-refractivity contribution in [3.8, 4) is 0 Å². The van der Waals surface area contributed by atoms with E-state index in [1.807, 2.05) is 0 Å². The number of ether oxygens (including phenoxy) is 1. The molecule has 0 aromatic rings. The van der Waals surface area contributed by atoms with Gasteiger partial charge in [0.2, 0.25) is 0 Å². The molecule has 0 saturated heterocycles. The summed E-state index contributed by atoms with van der Waals surface area (Å²) in [6.45, 7) is 5.51. The van der Waals surface area contributed by atoms with Crippen LogP contribution in [0.4, 0.5) is 0 Å². The van der Waals surface area contributed by atoms with Gasteiger partial charge in [-0.05, 0) is 30.9 Å². The number of thiol groups is 1. The van der Waals surface area contributed by atoms with Crippen molar-refractivity contribution >= 4 is 12.6 Å². The summed E-state index contributed by atoms with van der Waals surface area (Å²) in [6.07, 6.45) is 4.17. The lowest BCUT2D eigenvalue weighted by molar-refractivity contribution is 0.0802. The Bertz CT molecular complexity index is 258. The van der Waals surface area contributed by atoms with E-state index in [0.717, 1.165) is 24.4 Å². The van der Waals surface area contributed by atoms with E-state index < -0.39 is 0 Å². The van der Waals surface area contributed by atoms with E-state index in [9.17, 15) is 0 Å². The lowest BCUT2D eigenvalue weighted by Gasteiger charge is -2.26. The fourth-order valence-electron chi connectivity index (χ4n) is 1.80. The summed E-state index contributed by atoms with van der Waals surface area (Å²) in [5, 5.41) is 0. The average Bonchev–Trinajstić information content (AvgIpc) is 2.22. The summed E-state index contributed by atoms with van der Waals surface area (Å²) in [7, 11) is 0. The third-order valence-electron chi connectivity index (χ3n) is 2.62. The van der Waals surface area contributed by atoms with Crippen molar-refractivity contribution in [2.24, 2.45) is 5.73 Å². The largest absolute Gasteiger partial charge is 0.371 e. The third kappa shape index (κ3) is 2.41. The first-order valence-corrected chi connectivity index (χ1v) is 5.58. The van der Waals surface area contributed by atoms with Gasteiger partial charge in [-0.3, -0.25) is 0 Å². The predicted molar refractivity (Wildman–Crippen MR) is 63.5 cm³/mol. The molecule has 1 aliphatic heterocycles. The monoisotopic (exact) mass is 213 g/mol. The van der Waals surface area contributed by atoms with Crippen molar-refractivity contribution in [2.45, 2.75) is 32.8 Å². The molecule has 1 heterocycles. The Morgan fingerprint density at radius 2 is 2.43 bits per heavy atom. The van der Waals surface area contributed by atoms with E-state index in [-0.39, 0.29) is 6.10 Å². The van der Waals surface area contributed by atoms with Crippen molar-refractivity contribution in [1.82, 2.24) is 0 Å². The molecule has 1 rings (SSSR count). The molecule has 0 radical (unpaired) electrons. The minimum Gasteiger partial charge on any atom is -0.371 e. The van der Waals surface area contributed by atoms with Gasteiger partial charge in [0.25, 0.3) is 0 Å². The van der Waals surface area contributed by atoms with E-state index >= 15 is 0 Å². The quantitative estimate of drug-likeness (QED) is 0.705. The Morgan fingerprint density at radius 3 is 2.93 bits per heavy atom. The fraction of sp³-hybridized carbons (Fsp3) is 0.636. The molecule has 0 aromatic carbocycles. The van der Waals surface area contributed by atoms with Crippen LogP contribution in [0.2, 0.25) is 0 Å². The van der Waals surface area contributed by atoms with Crippen LogP contribution in [-0.4, -0.2) is 19.3 Å². The number of nitrogens with two attached hydrogens (primary N) is 1. The smallest absolute Gasteiger partial charge is 0.100 e. The molecular weight excluding hydrogens is 194 g/mol. The summed E-state index contributed by atoms with van der Waals surface area (Å²) < 4.78 is 5.52. The molecular formula is C11H19NOS. The van der Waals surface area contributed by atoms with Gasteiger partial charge in [-0.25, -0.2) is 0 Å². The zero-order chi connectivity index (χ0) is 10.6. The van der Waals surface area contributed by atoms with E-state index in [1.165, 1.54) is 11.1 Å². The Hall–Kier alpha value is -0.250. The standard InChI is InChI=1S/C11H19NOS/c1-3-8(4-2)9-5-6-13-10(7-12)11(9)14/h3,10,14H,4-7,12H2,1-2H3/b8-3-. The molecule has 14 heavy (non-hydrogen) atoms. The zero-order valence-corrected chi connectivity index (χ0v) is 9.81. The summed E-state index contributed by atoms with van der Waals surface area (Å²) >= 11 is 4.51. The Labute approximate surface area is 91.6 Å². The van der Waals surface area contributed by atoms with Crippen molar-refractivity contribution in [3.63, 3.8) is 0 Å². The highest BCUT2D eigenvalue weighted by Crippen LogP contribution is 2.30. The van der Waals surface area contributed by atoms with E-state index in [0.29, 0.717) is 6.54 Å². The first-order chi connectivity index (χ1) is 6.74. The van der Waals surface area contributed by atoms with Gasteiger partial charge in [-0.1, -0.05) is 13.0 Å². The average molecular weight is 213 g/mol. The van der Waals surface area contributed by atoms with Crippen LogP contribution in [0.25, 0.3) is 0 Å². The molecule has 0 amide bonds. The summed E-state index contributed by atoms with van der Waals surface area (Å²) in [4.78, 5) is 1.02. The maximum Gasteiger partial charge on any atom is 0.100 e. The molecule has 0 aliphatic carbocycles. The Morgan fingerprint density at radius 1 is 1.71 bits per heavy atom. The summed E-state index contributed by atoms with van der Waals surface area (Å²) in [5.41, 5.74) is 8.32. The molecule has 3 heteroatoms. The maximum atomic E-state index is 5.61. The zero-order valence-electron chi connectivity index (χ0n) is 8.92. The van der Waals surface area contributed by atoms with E-state index in [1.54, 1.807) is 0 Å². The first-order valence-electron chi connectivity index (χ1n) is 5.13. The molecule has 0 fully saturated rings. The van der Waals surface area contributed by atoms with E-state index in [4.69, 9.17) is 10.5 Å². The first kappa shape index (κ1) is 11.8. The number of rotatable bonds is 3. The predicted octanol–water partition coefficient (Wildman–Crippen LogP) is 2.27. The van der Waals surface area contributed by atoms with Crippen LogP contribution >= 0.6 is 12.6 Å². The molecule has 0 bridgehead atoms. The van der Waals surface area contributed by atoms with Gasteiger partial charge in [-0.15, -0.1) is 12.6 Å². The summed E-state index contributed by atoms with van der Waals surface area (Å²) in [6, 6.07) is 0. The molecule has 1 unspecified atom stereocenters. The van der Waals surface area contributed by atoms with Gasteiger partial charge in [0.05, 0.1) is 6.61 Å². The maximum absolute atomic E-state index is 5.61. The topological polar surface area (TPSA) is 35.2 Å². The van der Waals surface area contributed by atoms with Crippen LogP contribution < -0.4 is 5.73 Å². The minimum atomic E-state index is 0.00332. The molecule has 2 nitrogen and oxygen atoms in total. The van der Waals surface area contributed by atoms with Crippen molar-refractivity contribution in [1.29, 1.82) is 0 Å². The van der Waals surface area contributed by atoms with Crippen LogP contribution in [0.1, 0.15) is 26.7 Å². The molecule has 2 N–H and O–H groups in total. The summed E-state index contributed by atoms with van der Waals surface area (Å²) in [5.74, 6) is 0. The van der Waals surface area contributed by atoms with Crippen molar-refractivity contribution in [2.75, 3.05) is 13.2 Å². The highest BCUT2D eigenvalue weighted by atomic mass is 32.1. The Kier molecular flexibility index (Phi) is 4.72. The van der Waals surface area contributed by atoms with Gasteiger partial charge in [0, 0.05) is 11.4 Å². The van der Waals surface area contributed by atoms with Gasteiger partial charge < -0.3 is 10.5 Å². The number of hydrogen-bond acceptors (Lipinski definition) is 3. The lowest BCUT2D eigenvalue weighted by Crippen LogP contribution is -2.29. The van der Waals surface area contributed by atoms with Crippen LogP contribution in [0.5, 0.6) is 0 Å². The van der Waals surface area contributed by atoms with Crippen molar-refractivity contribution in [3.05, 3.63) is 22.1 Å². The van der Waals surface area contributed by atoms with Gasteiger partial charge in [0.15, 0.2) is 0 Å². The van der Waals surface area contributed by atoms with Crippen LogP contribution in [0.3, 0.4) is 0 Å². The molecule has 0 aromatic heterocycles. The third-order valence-corrected chi connectivity index (χ3v) is 3.17. The second kappa shape index (κ2) is 5.59. The van der Waals surface area contributed by atoms with Gasteiger partial charge in [0.1, 0.15) is 6.10 Å². The molecule has 1 atom stereocenters. The van der Waals surface area contributed by atoms with Crippen LogP contribution in [0.15, 0.2) is 22.1 Å². The number of allylic oxidation sites excluding steroid dienone is 2. The SMILES string of the molecule is C/C=C(/CC)C1=C(S)C(CN)OCC1. The molecule has 0 saturated carbocycles. The van der Waals surface area contributed by atoms with Crippen LogP contribution in [-0.2, 0) is 4.74 Å². The van der Waals surface area contributed by atoms with Crippen molar-refractivity contribution < 1.29 is 4.74 Å². The second-order valence-corrected chi connectivity index (χ2v) is 3.86. The normalized spacial score (nSPS) is 24.3. The van der Waals surface area contributed by atoms with Gasteiger partial charge in [-0.2, -0.15) is 0 Å². The highest BCUT2D eigenvalue weighted by Gasteiger charge is 2.21. The minimum absolute atomic E-state index is 0.00332. The number of hydrogen-bond donors (Lipinski definition) is 2. The highest BCUT2D eigenvalue weighted by molar-refractivity contribution is 7.84.